The molecule has 0 aliphatic carbocycles. The number of carbonyl (C=O) groups is 2. The Morgan fingerprint density at radius 1 is 0.862 bits per heavy atom. The van der Waals surface area contributed by atoms with E-state index < -0.39 is 5.97 Å². The average Bonchev–Trinajstić information content (AvgIpc) is 2.70. The van der Waals surface area contributed by atoms with Gasteiger partial charge in [-0.05, 0) is 54.6 Å². The van der Waals surface area contributed by atoms with Crippen molar-refractivity contribution in [2.75, 3.05) is 11.9 Å². The Balaban J connectivity index is 1.56. The van der Waals surface area contributed by atoms with Gasteiger partial charge in [-0.2, -0.15) is 0 Å². The molecule has 0 saturated heterocycles. The predicted molar refractivity (Wildman–Crippen MR) is 113 cm³/mol. The first-order valence-electron chi connectivity index (χ1n) is 8.37. The fraction of sp³-hybridized carbons (Fsp3) is 0.0476. The molecule has 0 bridgehead atoms. The van der Waals surface area contributed by atoms with Crippen molar-refractivity contribution in [2.24, 2.45) is 0 Å². The lowest BCUT2D eigenvalue weighted by Gasteiger charge is -2.09. The molecule has 1 amide bonds. The number of amides is 1. The summed E-state index contributed by atoms with van der Waals surface area (Å²) in [6.45, 7) is -0.306. The third-order valence-corrected chi connectivity index (χ3v) is 4.58. The van der Waals surface area contributed by atoms with E-state index in [1.54, 1.807) is 42.5 Å². The summed E-state index contributed by atoms with van der Waals surface area (Å²) in [5, 5.41) is 3.89. The SMILES string of the molecule is O=C(COc1ccccc1Cl)Oc1ccc(C(=O)Nc2cc(Cl)ccc2Cl)cc1. The lowest BCUT2D eigenvalue weighted by Crippen LogP contribution is -2.18. The first-order valence-corrected chi connectivity index (χ1v) is 9.50. The molecule has 5 nitrogen and oxygen atoms in total. The van der Waals surface area contributed by atoms with Crippen molar-refractivity contribution in [3.63, 3.8) is 0 Å². The summed E-state index contributed by atoms with van der Waals surface area (Å²) in [6.07, 6.45) is 0. The Hall–Kier alpha value is -2.73. The maximum atomic E-state index is 12.3. The minimum Gasteiger partial charge on any atom is -0.480 e. The highest BCUT2D eigenvalue weighted by Crippen LogP contribution is 2.26. The molecule has 0 aliphatic heterocycles. The number of hydrogen-bond acceptors (Lipinski definition) is 4. The molecule has 3 rings (SSSR count). The van der Waals surface area contributed by atoms with Crippen LogP contribution >= 0.6 is 34.8 Å². The summed E-state index contributed by atoms with van der Waals surface area (Å²) in [5.74, 6) is -0.324. The van der Waals surface area contributed by atoms with Crippen LogP contribution in [0.2, 0.25) is 15.1 Å². The van der Waals surface area contributed by atoms with E-state index in [2.05, 4.69) is 5.32 Å². The number of nitrogens with one attached hydrogen (secondary N) is 1. The van der Waals surface area contributed by atoms with Gasteiger partial charge in [0.15, 0.2) is 6.61 Å². The largest absolute Gasteiger partial charge is 0.480 e. The number of ether oxygens (including phenoxy) is 2. The van der Waals surface area contributed by atoms with Gasteiger partial charge in [0.2, 0.25) is 0 Å². The molecule has 0 unspecified atom stereocenters. The van der Waals surface area contributed by atoms with Crippen LogP contribution in [0, 0.1) is 0 Å². The highest BCUT2D eigenvalue weighted by Gasteiger charge is 2.11. The number of hydrogen-bond donors (Lipinski definition) is 1. The van der Waals surface area contributed by atoms with Crippen molar-refractivity contribution in [1.82, 2.24) is 0 Å². The maximum Gasteiger partial charge on any atom is 0.349 e. The highest BCUT2D eigenvalue weighted by molar-refractivity contribution is 6.36. The van der Waals surface area contributed by atoms with Crippen LogP contribution in [-0.4, -0.2) is 18.5 Å². The van der Waals surface area contributed by atoms with Crippen LogP contribution in [0.1, 0.15) is 10.4 Å². The van der Waals surface area contributed by atoms with Gasteiger partial charge in [0, 0.05) is 10.6 Å². The Kier molecular flexibility index (Phi) is 6.99. The van der Waals surface area contributed by atoms with E-state index in [0.717, 1.165) is 0 Å². The summed E-state index contributed by atoms with van der Waals surface area (Å²) in [4.78, 5) is 24.3. The van der Waals surface area contributed by atoms with Crippen LogP contribution in [0.3, 0.4) is 0 Å². The first-order chi connectivity index (χ1) is 13.9. The van der Waals surface area contributed by atoms with E-state index in [1.807, 2.05) is 0 Å². The van der Waals surface area contributed by atoms with Crippen molar-refractivity contribution in [1.29, 1.82) is 0 Å². The van der Waals surface area contributed by atoms with Gasteiger partial charge < -0.3 is 14.8 Å². The number of benzene rings is 3. The van der Waals surface area contributed by atoms with Gasteiger partial charge in [-0.1, -0.05) is 46.9 Å². The molecule has 0 heterocycles. The molecule has 3 aromatic carbocycles. The Bertz CT molecular complexity index is 1040. The predicted octanol–water partition coefficient (Wildman–Crippen LogP) is 5.88. The number of anilines is 1. The molecular weight excluding hydrogens is 437 g/mol. The Morgan fingerprint density at radius 2 is 1.59 bits per heavy atom. The molecule has 0 saturated carbocycles. The smallest absolute Gasteiger partial charge is 0.349 e. The van der Waals surface area contributed by atoms with Gasteiger partial charge in [0.05, 0.1) is 15.7 Å². The number of esters is 1. The molecule has 0 fully saturated rings. The van der Waals surface area contributed by atoms with Crippen molar-refractivity contribution in [3.8, 4) is 11.5 Å². The molecule has 3 aromatic rings. The Labute approximate surface area is 182 Å². The topological polar surface area (TPSA) is 64.6 Å². The minimum atomic E-state index is -0.604. The minimum absolute atomic E-state index is 0.273. The van der Waals surface area contributed by atoms with E-state index in [1.165, 1.54) is 24.3 Å². The molecule has 0 aliphatic rings. The molecule has 29 heavy (non-hydrogen) atoms. The Morgan fingerprint density at radius 3 is 2.31 bits per heavy atom. The second-order valence-electron chi connectivity index (χ2n) is 5.80. The fourth-order valence-electron chi connectivity index (χ4n) is 2.32. The van der Waals surface area contributed by atoms with E-state index in [-0.39, 0.29) is 18.3 Å². The van der Waals surface area contributed by atoms with Gasteiger partial charge in [-0.3, -0.25) is 4.79 Å². The van der Waals surface area contributed by atoms with Crippen LogP contribution in [0.25, 0.3) is 0 Å². The summed E-state index contributed by atoms with van der Waals surface area (Å²) in [6, 6.07) is 17.6. The van der Waals surface area contributed by atoms with E-state index in [9.17, 15) is 9.59 Å². The van der Waals surface area contributed by atoms with Crippen LogP contribution in [-0.2, 0) is 4.79 Å². The van der Waals surface area contributed by atoms with Gasteiger partial charge in [-0.15, -0.1) is 0 Å². The zero-order valence-electron chi connectivity index (χ0n) is 14.8. The van der Waals surface area contributed by atoms with Gasteiger partial charge in [-0.25, -0.2) is 4.79 Å². The van der Waals surface area contributed by atoms with E-state index in [0.29, 0.717) is 32.1 Å². The van der Waals surface area contributed by atoms with E-state index >= 15 is 0 Å². The van der Waals surface area contributed by atoms with Crippen molar-refractivity contribution in [2.45, 2.75) is 0 Å². The van der Waals surface area contributed by atoms with Crippen LogP contribution in [0.5, 0.6) is 11.5 Å². The normalized spacial score (nSPS) is 10.3. The summed E-state index contributed by atoms with van der Waals surface area (Å²) in [7, 11) is 0. The monoisotopic (exact) mass is 449 g/mol. The molecule has 1 N–H and O–H groups in total. The highest BCUT2D eigenvalue weighted by atomic mass is 35.5. The molecule has 148 valence electrons. The maximum absolute atomic E-state index is 12.3. The summed E-state index contributed by atoms with van der Waals surface area (Å²) < 4.78 is 10.5. The molecule has 0 atom stereocenters. The second kappa shape index (κ2) is 9.65. The second-order valence-corrected chi connectivity index (χ2v) is 7.05. The van der Waals surface area contributed by atoms with Gasteiger partial charge in [0.25, 0.3) is 5.91 Å². The van der Waals surface area contributed by atoms with Crippen molar-refractivity contribution < 1.29 is 19.1 Å². The number of para-hydroxylation sites is 1. The van der Waals surface area contributed by atoms with Crippen molar-refractivity contribution in [3.05, 3.63) is 87.4 Å². The lowest BCUT2D eigenvalue weighted by atomic mass is 10.2. The average molecular weight is 451 g/mol. The zero-order chi connectivity index (χ0) is 20.8. The molecule has 0 radical (unpaired) electrons. The summed E-state index contributed by atoms with van der Waals surface area (Å²) in [5.41, 5.74) is 0.754. The van der Waals surface area contributed by atoms with Gasteiger partial charge >= 0.3 is 5.97 Å². The van der Waals surface area contributed by atoms with Crippen LogP contribution < -0.4 is 14.8 Å². The first kappa shape index (κ1) is 21.0. The number of carbonyl (C=O) groups excluding carboxylic acids is 2. The van der Waals surface area contributed by atoms with Crippen molar-refractivity contribution >= 4 is 52.4 Å². The third-order valence-electron chi connectivity index (χ3n) is 3.71. The number of rotatable bonds is 6. The quantitative estimate of drug-likeness (QED) is 0.376. The molecular formula is C21H14Cl3NO4. The summed E-state index contributed by atoms with van der Waals surface area (Å²) >= 11 is 17.9. The zero-order valence-corrected chi connectivity index (χ0v) is 17.1. The van der Waals surface area contributed by atoms with Crippen LogP contribution in [0.4, 0.5) is 5.69 Å². The molecule has 8 heteroatoms. The lowest BCUT2D eigenvalue weighted by molar-refractivity contribution is -0.136. The van der Waals surface area contributed by atoms with Gasteiger partial charge in [0.1, 0.15) is 11.5 Å². The molecule has 0 aromatic heterocycles. The standard InChI is InChI=1S/C21H14Cl3NO4/c22-14-7-10-16(23)18(11-14)25-21(27)13-5-8-15(9-6-13)29-20(26)12-28-19-4-2-1-3-17(19)24/h1-11H,12H2,(H,25,27). The van der Waals surface area contributed by atoms with Crippen LogP contribution in [0.15, 0.2) is 66.7 Å². The molecule has 0 spiro atoms. The third kappa shape index (κ3) is 5.87. The fourth-order valence-corrected chi connectivity index (χ4v) is 2.85. The number of halogens is 3. The van der Waals surface area contributed by atoms with E-state index in [4.69, 9.17) is 44.3 Å².